The van der Waals surface area contributed by atoms with Gasteiger partial charge in [-0.1, -0.05) is 227 Å². The second kappa shape index (κ2) is 43.2. The molecule has 0 aliphatic heterocycles. The average molecular weight is 1010 g/mol. The molecule has 0 unspecified atom stereocenters. The molecule has 0 amide bonds. The molecule has 0 aliphatic rings. The van der Waals surface area contributed by atoms with Gasteiger partial charge < -0.3 is 23.7 Å². The Morgan fingerprint density at radius 2 is 0.472 bits per heavy atom. The van der Waals surface area contributed by atoms with Gasteiger partial charge in [0.15, 0.2) is 0 Å². The second-order valence-corrected chi connectivity index (χ2v) is 20.2. The molecule has 0 fully saturated rings. The molecule has 408 valence electrons. The predicted octanol–water partition coefficient (Wildman–Crippen LogP) is 18.6. The van der Waals surface area contributed by atoms with Crippen LogP contribution in [0.3, 0.4) is 0 Å². The quantitative estimate of drug-likeness (QED) is 0.0359. The molecular formula is C62H100O10. The van der Waals surface area contributed by atoms with E-state index < -0.39 is 29.8 Å². The zero-order valence-electron chi connectivity index (χ0n) is 46.3. The van der Waals surface area contributed by atoms with E-state index in [1.165, 1.54) is 102 Å². The smallest absolute Gasteiger partial charge is 0.311 e. The Kier molecular flexibility index (Phi) is 38.4. The van der Waals surface area contributed by atoms with Crippen molar-refractivity contribution < 1.29 is 47.7 Å². The topological polar surface area (TPSA) is 132 Å². The van der Waals surface area contributed by atoms with Crippen molar-refractivity contribution in [2.24, 2.45) is 0 Å². The minimum absolute atomic E-state index is 0.00907. The van der Waals surface area contributed by atoms with Crippen molar-refractivity contribution in [1.29, 1.82) is 0 Å². The highest BCUT2D eigenvalue weighted by molar-refractivity contribution is 5.87. The van der Waals surface area contributed by atoms with Crippen LogP contribution >= 0.6 is 0 Å². The molecule has 2 aromatic carbocycles. The highest BCUT2D eigenvalue weighted by Gasteiger charge is 2.24. The average Bonchev–Trinajstić information content (AvgIpc) is 3.34. The first-order chi connectivity index (χ1) is 35.1. The molecule has 0 heterocycles. The van der Waals surface area contributed by atoms with E-state index in [0.717, 1.165) is 109 Å². The molecule has 0 radical (unpaired) electrons. The fraction of sp³-hybridized carbons (Fsp3) is 0.726. The molecule has 0 bridgehead atoms. The molecule has 2 rings (SSSR count). The molecule has 0 N–H and O–H groups in total. The van der Waals surface area contributed by atoms with Gasteiger partial charge in [-0.05, 0) is 49.8 Å². The number of ether oxygens (including phenoxy) is 5. The Morgan fingerprint density at radius 3 is 0.722 bits per heavy atom. The number of unbranched alkanes of at least 4 members (excludes halogenated alkanes) is 30. The highest BCUT2D eigenvalue weighted by atomic mass is 16.6. The number of esters is 5. The van der Waals surface area contributed by atoms with Crippen LogP contribution in [0.2, 0.25) is 0 Å². The van der Waals surface area contributed by atoms with Gasteiger partial charge in [0.25, 0.3) is 0 Å². The summed E-state index contributed by atoms with van der Waals surface area (Å²) in [5.41, 5.74) is 0.533. The predicted molar refractivity (Wildman–Crippen MR) is 293 cm³/mol. The van der Waals surface area contributed by atoms with E-state index in [9.17, 15) is 24.0 Å². The van der Waals surface area contributed by atoms with Crippen LogP contribution in [0.15, 0.2) is 30.3 Å². The number of hydrogen-bond acceptors (Lipinski definition) is 10. The van der Waals surface area contributed by atoms with E-state index in [1.807, 2.05) is 0 Å². The summed E-state index contributed by atoms with van der Waals surface area (Å²) < 4.78 is 30.2. The summed E-state index contributed by atoms with van der Waals surface area (Å²) in [6, 6.07) is 7.71. The van der Waals surface area contributed by atoms with Crippen molar-refractivity contribution in [3.8, 4) is 39.9 Å². The standard InChI is InChI=1S/C62H100O10/c1-6-11-16-21-26-31-36-41-57(63)68-52-46-51(47-53(48-52)69-58(64)42-37-32-27-22-17-12-7-2)62-55(71-60(66)44-39-34-29-24-19-14-9-4)49-54(70-59(65)43-38-33-28-23-18-13-8-3)50-56(62)72-61(67)45-40-35-30-25-20-15-10-5/h46-50H,6-45H2,1-5H3. The summed E-state index contributed by atoms with van der Waals surface area (Å²) >= 11 is 0. The van der Waals surface area contributed by atoms with Crippen LogP contribution in [0.1, 0.15) is 291 Å². The minimum atomic E-state index is -0.490. The third-order valence-electron chi connectivity index (χ3n) is 13.3. The highest BCUT2D eigenvalue weighted by Crippen LogP contribution is 2.45. The lowest BCUT2D eigenvalue weighted by Crippen LogP contribution is -2.13. The maximum atomic E-state index is 13.8. The fourth-order valence-electron chi connectivity index (χ4n) is 8.93. The molecule has 72 heavy (non-hydrogen) atoms. The number of rotatable bonds is 46. The SMILES string of the molecule is CCCCCCCCCC(=O)Oc1cc(OC(=O)CCCCCCCCC)cc(-c2c(OC(=O)CCCCCCCCC)cc(OC(=O)CCCCCCCCC)cc2OC(=O)CCCCCCCCC)c1. The molecule has 0 aliphatic carbocycles. The van der Waals surface area contributed by atoms with Gasteiger partial charge in [0.05, 0.1) is 5.56 Å². The zero-order valence-corrected chi connectivity index (χ0v) is 46.3. The molecule has 0 saturated carbocycles. The van der Waals surface area contributed by atoms with E-state index in [0.29, 0.717) is 37.7 Å². The largest absolute Gasteiger partial charge is 0.426 e. The van der Waals surface area contributed by atoms with E-state index >= 15 is 0 Å². The molecule has 0 aromatic heterocycles. The Balaban J connectivity index is 2.63. The van der Waals surface area contributed by atoms with Crippen LogP contribution in [-0.4, -0.2) is 29.8 Å². The minimum Gasteiger partial charge on any atom is -0.426 e. The lowest BCUT2D eigenvalue weighted by atomic mass is 10.0. The molecular weight excluding hydrogens is 905 g/mol. The maximum absolute atomic E-state index is 13.8. The Bertz CT molecular complexity index is 1660. The summed E-state index contributed by atoms with van der Waals surface area (Å²) in [6.45, 7) is 10.9. The van der Waals surface area contributed by atoms with E-state index in [-0.39, 0.29) is 66.4 Å². The van der Waals surface area contributed by atoms with Gasteiger partial charge in [0.2, 0.25) is 0 Å². The molecule has 0 saturated heterocycles. The van der Waals surface area contributed by atoms with Crippen molar-refractivity contribution in [2.45, 2.75) is 291 Å². The van der Waals surface area contributed by atoms with Crippen molar-refractivity contribution in [3.63, 3.8) is 0 Å². The van der Waals surface area contributed by atoms with Crippen LogP contribution in [0.25, 0.3) is 11.1 Å². The number of carbonyl (C=O) groups is 5. The zero-order chi connectivity index (χ0) is 52.3. The van der Waals surface area contributed by atoms with Crippen LogP contribution in [0.4, 0.5) is 0 Å². The van der Waals surface area contributed by atoms with E-state index in [1.54, 1.807) is 12.1 Å². The van der Waals surface area contributed by atoms with Gasteiger partial charge in [0, 0.05) is 50.3 Å². The first-order valence-corrected chi connectivity index (χ1v) is 29.5. The van der Waals surface area contributed by atoms with E-state index in [4.69, 9.17) is 23.7 Å². The van der Waals surface area contributed by atoms with Gasteiger partial charge in [0.1, 0.15) is 28.7 Å². The van der Waals surface area contributed by atoms with Gasteiger partial charge in [-0.15, -0.1) is 0 Å². The molecule has 2 aromatic rings. The molecule has 0 spiro atoms. The number of hydrogen-bond donors (Lipinski definition) is 0. The summed E-state index contributed by atoms with van der Waals surface area (Å²) in [5.74, 6) is -1.92. The summed E-state index contributed by atoms with van der Waals surface area (Å²) in [5, 5.41) is 0. The van der Waals surface area contributed by atoms with Crippen molar-refractivity contribution >= 4 is 29.8 Å². The van der Waals surface area contributed by atoms with Crippen molar-refractivity contribution in [3.05, 3.63) is 30.3 Å². The third-order valence-corrected chi connectivity index (χ3v) is 13.3. The summed E-state index contributed by atoms with van der Waals surface area (Å²) in [6.07, 6.45) is 37.3. The Morgan fingerprint density at radius 1 is 0.264 bits per heavy atom. The first kappa shape index (κ1) is 63.9. The molecule has 10 heteroatoms. The van der Waals surface area contributed by atoms with Gasteiger partial charge in [-0.3, -0.25) is 24.0 Å². The number of carbonyl (C=O) groups excluding carboxylic acids is 5. The normalized spacial score (nSPS) is 11.1. The van der Waals surface area contributed by atoms with Crippen LogP contribution in [-0.2, 0) is 24.0 Å². The number of benzene rings is 2. The molecule has 0 atom stereocenters. The van der Waals surface area contributed by atoms with Crippen LogP contribution < -0.4 is 23.7 Å². The maximum Gasteiger partial charge on any atom is 0.311 e. The van der Waals surface area contributed by atoms with Crippen LogP contribution in [0, 0.1) is 0 Å². The fourth-order valence-corrected chi connectivity index (χ4v) is 8.93. The van der Waals surface area contributed by atoms with Gasteiger partial charge in [-0.2, -0.15) is 0 Å². The summed E-state index contributed by atoms with van der Waals surface area (Å²) in [4.78, 5) is 67.7. The third kappa shape index (κ3) is 32.1. The van der Waals surface area contributed by atoms with Gasteiger partial charge >= 0.3 is 29.8 Å². The van der Waals surface area contributed by atoms with E-state index in [2.05, 4.69) is 34.6 Å². The molecule has 10 nitrogen and oxygen atoms in total. The summed E-state index contributed by atoms with van der Waals surface area (Å²) in [7, 11) is 0. The van der Waals surface area contributed by atoms with Crippen molar-refractivity contribution in [2.75, 3.05) is 0 Å². The lowest BCUT2D eigenvalue weighted by Gasteiger charge is -2.18. The Hall–Kier alpha value is -4.21. The van der Waals surface area contributed by atoms with Gasteiger partial charge in [-0.25, -0.2) is 0 Å². The Labute approximate surface area is 437 Å². The van der Waals surface area contributed by atoms with Crippen LogP contribution in [0.5, 0.6) is 28.7 Å². The monoisotopic (exact) mass is 1000 g/mol. The lowest BCUT2D eigenvalue weighted by molar-refractivity contribution is -0.136. The first-order valence-electron chi connectivity index (χ1n) is 29.5. The van der Waals surface area contributed by atoms with Crippen molar-refractivity contribution in [1.82, 2.24) is 0 Å². The second-order valence-electron chi connectivity index (χ2n) is 20.2.